The van der Waals surface area contributed by atoms with Gasteiger partial charge in [0.25, 0.3) is 0 Å². The van der Waals surface area contributed by atoms with E-state index < -0.39 is 158 Å². The summed E-state index contributed by atoms with van der Waals surface area (Å²) < 4.78 is 10.5. The number of fused-ring (bicyclic) bond motifs is 1. The van der Waals surface area contributed by atoms with E-state index in [0.717, 1.165) is 0 Å². The zero-order valence-corrected chi connectivity index (χ0v) is 50.1. The zero-order valence-electron chi connectivity index (χ0n) is 50.1. The van der Waals surface area contributed by atoms with Crippen molar-refractivity contribution in [1.29, 1.82) is 0 Å². The predicted octanol–water partition coefficient (Wildman–Crippen LogP) is -2.30. The van der Waals surface area contributed by atoms with E-state index in [2.05, 4.69) is 57.5 Å². The highest BCUT2D eigenvalue weighted by Gasteiger charge is 2.36. The number of nitrogens with two attached hydrogens (primary N) is 2. The minimum atomic E-state index is -1.90. The Labute approximate surface area is 521 Å². The molecular weight excluding hydrogens is 1190 g/mol. The van der Waals surface area contributed by atoms with Gasteiger partial charge in [-0.2, -0.15) is 0 Å². The fraction of sp³-hybridized carbons (Fsp3) is 0.433. The Morgan fingerprint density at radius 2 is 1.02 bits per heavy atom. The molecule has 0 fully saturated rings. The van der Waals surface area contributed by atoms with Crippen LogP contribution in [0.2, 0.25) is 0 Å². The Balaban J connectivity index is 1.42. The van der Waals surface area contributed by atoms with Crippen LogP contribution in [0.5, 0.6) is 11.5 Å². The summed E-state index contributed by atoms with van der Waals surface area (Å²) in [4.78, 5) is 160. The minimum absolute atomic E-state index is 0.0204. The molecule has 9 amide bonds. The molecule has 0 aliphatic carbocycles. The lowest BCUT2D eigenvalue weighted by molar-refractivity contribution is -0.139. The molecule has 31 heteroatoms. The van der Waals surface area contributed by atoms with Gasteiger partial charge in [-0.3, -0.25) is 52.7 Å². The average molecular weight is 1270 g/mol. The topological polar surface area (TPSA) is 500 Å². The van der Waals surface area contributed by atoms with Crippen LogP contribution in [-0.2, 0) is 87.9 Å². The number of aliphatic hydroxyl groups is 1. The lowest BCUT2D eigenvalue weighted by Crippen LogP contribution is -2.61. The molecule has 0 radical (unpaired) electrons. The van der Waals surface area contributed by atoms with Gasteiger partial charge in [0.15, 0.2) is 0 Å². The van der Waals surface area contributed by atoms with Crippen molar-refractivity contribution in [3.8, 4) is 11.5 Å². The number of phenols is 2. The number of H-pyrrole nitrogens is 2. The molecule has 0 aliphatic rings. The van der Waals surface area contributed by atoms with Gasteiger partial charge in [-0.05, 0) is 65.8 Å². The van der Waals surface area contributed by atoms with Crippen molar-refractivity contribution in [3.63, 3.8) is 0 Å². The fourth-order valence-corrected chi connectivity index (χ4v) is 9.29. The van der Waals surface area contributed by atoms with Gasteiger partial charge in [-0.25, -0.2) is 4.98 Å². The van der Waals surface area contributed by atoms with Crippen molar-refractivity contribution in [2.75, 3.05) is 39.6 Å². The number of ether oxygens (including phenoxy) is 2. The first kappa shape index (κ1) is 71.8. The number of aliphatic hydroxyl groups excluding tert-OH is 1. The molecule has 0 unspecified atom stereocenters. The number of hydrogen-bond donors (Lipinski definition) is 17. The minimum Gasteiger partial charge on any atom is -0.508 e. The number of aromatic hydroxyl groups is 2. The number of aromatic nitrogens is 3. The van der Waals surface area contributed by atoms with Gasteiger partial charge in [0.2, 0.25) is 53.2 Å². The maximum Gasteiger partial charge on any atom is 0.303 e. The number of hydrogen-bond acceptors (Lipinski definition) is 18. The van der Waals surface area contributed by atoms with Crippen LogP contribution in [-0.4, -0.2) is 194 Å². The molecule has 2 heterocycles. The van der Waals surface area contributed by atoms with E-state index in [1.807, 2.05) is 0 Å². The summed E-state index contributed by atoms with van der Waals surface area (Å²) in [6, 6.07) is 5.22. The van der Waals surface area contributed by atoms with Crippen LogP contribution >= 0.6 is 0 Å². The van der Waals surface area contributed by atoms with Crippen molar-refractivity contribution in [2.45, 2.75) is 120 Å². The van der Waals surface area contributed by atoms with Crippen LogP contribution in [0.4, 0.5) is 0 Å². The molecule has 0 aliphatic heterocycles. The van der Waals surface area contributed by atoms with Crippen LogP contribution < -0.4 is 54.0 Å². The van der Waals surface area contributed by atoms with E-state index in [-0.39, 0.29) is 69.2 Å². The number of imidazole rings is 1. The van der Waals surface area contributed by atoms with Crippen LogP contribution in [0.1, 0.15) is 68.3 Å². The Kier molecular flexibility index (Phi) is 28.8. The molecule has 0 saturated heterocycles. The molecule has 492 valence electrons. The molecule has 2 aromatic heterocycles. The number of nitrogens with zero attached hydrogens (tertiary/aromatic N) is 1. The highest BCUT2D eigenvalue weighted by atomic mass is 16.5. The Morgan fingerprint density at radius 1 is 0.560 bits per heavy atom. The number of aliphatic carboxylic acids is 2. The molecule has 0 saturated carbocycles. The normalized spacial score (nSPS) is 14.1. The Morgan fingerprint density at radius 3 is 1.52 bits per heavy atom. The summed E-state index contributed by atoms with van der Waals surface area (Å²) in [5, 5.41) is 70.6. The standard InChI is InChI=1S/C60H79N13O18/c1-3-33(2)52(53(62)82)73-59(88)45(25-35-10-14-39(76)15-11-35)69-55(84)43(17-19-51(80)81)67-57(86)46(26-36-28-64-41-7-5-4-6-40(36)41)70-60(89)48(30-74)72-58(87)47(27-37-29-63-32-65-37)71-56(85)44(24-34-8-12-38(75)13-9-34)68-54(83)42(16-18-50(78)79)66-49(77)31-91-23-22-90-21-20-61/h4-15,28-29,32-33,42-48,52,64,74-76H,3,16-27,30-31,61H2,1-2H3,(H2,62,82)(H,63,65)(H,66,77)(H,67,86)(H,68,83)(H,69,84)(H,70,89)(H,71,85)(H,72,87)(H,73,88)(H,78,79)(H,80,81)/t33-,42-,43-,44-,45-,46-,47-,48-,52-/m0/s1. The van der Waals surface area contributed by atoms with Crippen molar-refractivity contribution < 1.29 is 87.7 Å². The van der Waals surface area contributed by atoms with Crippen LogP contribution in [0, 0.1) is 5.92 Å². The van der Waals surface area contributed by atoms with Crippen molar-refractivity contribution >= 4 is 76.0 Å². The number of rotatable bonds is 40. The van der Waals surface area contributed by atoms with Gasteiger partial charge in [-0.1, -0.05) is 62.7 Å². The van der Waals surface area contributed by atoms with Crippen molar-refractivity contribution in [1.82, 2.24) is 57.5 Å². The second-order valence-corrected chi connectivity index (χ2v) is 21.3. The van der Waals surface area contributed by atoms with Gasteiger partial charge in [0.1, 0.15) is 66.4 Å². The second-order valence-electron chi connectivity index (χ2n) is 21.3. The smallest absolute Gasteiger partial charge is 0.303 e. The third kappa shape index (κ3) is 23.8. The number of primary amides is 1. The molecule has 0 spiro atoms. The Hall–Kier alpha value is -9.98. The predicted molar refractivity (Wildman–Crippen MR) is 324 cm³/mol. The van der Waals surface area contributed by atoms with Gasteiger partial charge in [-0.15, -0.1) is 0 Å². The van der Waals surface area contributed by atoms with Crippen LogP contribution in [0.15, 0.2) is 91.5 Å². The van der Waals surface area contributed by atoms with E-state index in [9.17, 15) is 78.3 Å². The summed E-state index contributed by atoms with van der Waals surface area (Å²) >= 11 is 0. The lowest BCUT2D eigenvalue weighted by Gasteiger charge is -2.28. The van der Waals surface area contributed by atoms with Gasteiger partial charge >= 0.3 is 11.9 Å². The average Bonchev–Trinajstić information content (AvgIpc) is 2.47. The lowest BCUT2D eigenvalue weighted by atomic mass is 9.97. The molecule has 5 aromatic rings. The summed E-state index contributed by atoms with van der Waals surface area (Å²) in [6.07, 6.45) is 1.07. The third-order valence-electron chi connectivity index (χ3n) is 14.4. The second kappa shape index (κ2) is 36.5. The molecule has 3 aromatic carbocycles. The monoisotopic (exact) mass is 1270 g/mol. The van der Waals surface area contributed by atoms with E-state index in [0.29, 0.717) is 34.0 Å². The first-order chi connectivity index (χ1) is 43.5. The first-order valence-corrected chi connectivity index (χ1v) is 29.2. The number of nitrogens with one attached hydrogen (secondary N) is 10. The van der Waals surface area contributed by atoms with E-state index >= 15 is 0 Å². The van der Waals surface area contributed by atoms with E-state index in [1.165, 1.54) is 61.1 Å². The number of para-hydroxylation sites is 1. The largest absolute Gasteiger partial charge is 0.508 e. The summed E-state index contributed by atoms with van der Waals surface area (Å²) in [5.74, 6) is -12.4. The number of carboxylic acid groups (broad SMARTS) is 2. The maximum absolute atomic E-state index is 14.7. The van der Waals surface area contributed by atoms with Gasteiger partial charge < -0.3 is 99.0 Å². The summed E-state index contributed by atoms with van der Waals surface area (Å²) in [6.45, 7) is 2.33. The SMILES string of the molecule is CC[C@H](C)[C@H](NC(=O)[C@H](Cc1ccc(O)cc1)NC(=O)[C@H](CCC(=O)O)NC(=O)[C@H](Cc1c[nH]c2ccccc12)NC(=O)[C@H](CO)NC(=O)[C@H](Cc1c[nH]cn1)NC(=O)[C@H](Cc1ccc(O)cc1)NC(=O)[C@H](CCC(=O)O)NC(=O)COCCOCCN)C(N)=O. The third-order valence-corrected chi connectivity index (χ3v) is 14.4. The molecular formula is C60H79N13O18. The quantitative estimate of drug-likeness (QED) is 0.0183. The van der Waals surface area contributed by atoms with Gasteiger partial charge in [0, 0.05) is 68.4 Å². The molecule has 91 heavy (non-hydrogen) atoms. The number of aromatic amines is 2. The summed E-state index contributed by atoms with van der Waals surface area (Å²) in [5.41, 5.74) is 13.1. The van der Waals surface area contributed by atoms with Crippen molar-refractivity contribution in [2.24, 2.45) is 17.4 Å². The van der Waals surface area contributed by atoms with E-state index in [4.69, 9.17) is 20.9 Å². The van der Waals surface area contributed by atoms with Gasteiger partial charge in [0.05, 0.1) is 38.4 Å². The molecule has 5 rings (SSSR count). The van der Waals surface area contributed by atoms with Crippen molar-refractivity contribution in [3.05, 3.63) is 114 Å². The fourth-order valence-electron chi connectivity index (χ4n) is 9.29. The highest BCUT2D eigenvalue weighted by molar-refractivity contribution is 5.99. The highest BCUT2D eigenvalue weighted by Crippen LogP contribution is 2.21. The van der Waals surface area contributed by atoms with E-state index in [1.54, 1.807) is 44.3 Å². The number of phenolic OH excluding ortho intramolecular Hbond substituents is 2. The zero-order chi connectivity index (χ0) is 66.6. The molecule has 0 bridgehead atoms. The number of benzene rings is 3. The first-order valence-electron chi connectivity index (χ1n) is 29.2. The number of carboxylic acids is 2. The summed E-state index contributed by atoms with van der Waals surface area (Å²) in [7, 11) is 0. The molecule has 9 atom stereocenters. The molecule has 31 nitrogen and oxygen atoms in total. The van der Waals surface area contributed by atoms with Crippen LogP contribution in [0.3, 0.4) is 0 Å². The Bertz CT molecular complexity index is 3250. The number of carbonyl (C=O) groups is 11. The van der Waals surface area contributed by atoms with Crippen LogP contribution in [0.25, 0.3) is 10.9 Å². The number of carbonyl (C=O) groups excluding carboxylic acids is 9. The maximum atomic E-state index is 14.7. The molecule has 19 N–H and O–H groups in total. The number of amides is 9.